The Labute approximate surface area is 213 Å². The number of halogens is 1. The maximum atomic E-state index is 12.3. The minimum Gasteiger partial charge on any atom is -0.494 e. The largest absolute Gasteiger partial charge is 0.494 e. The average Bonchev–Trinajstić information content (AvgIpc) is 3.23. The molecule has 0 unspecified atom stereocenters. The van der Waals surface area contributed by atoms with E-state index in [0.29, 0.717) is 22.9 Å². The van der Waals surface area contributed by atoms with Crippen LogP contribution in [0.2, 0.25) is 5.02 Å². The standard InChI is InChI=1S/C25H24ClN5O3S/c1-4-33-18-7-5-17(6-8-18)31-29-22-12-16(3)21(13-23(22)30-31)27-25(35)28-24(32)14-34-19-9-10-20(26)15(2)11-19/h5-13H,4,14H2,1-3H3,(H2,27,28,32,35). The predicted molar refractivity (Wildman–Crippen MR) is 141 cm³/mol. The first-order valence-corrected chi connectivity index (χ1v) is 11.7. The Balaban J connectivity index is 1.39. The van der Waals surface area contributed by atoms with Gasteiger partial charge < -0.3 is 14.8 Å². The van der Waals surface area contributed by atoms with Gasteiger partial charge >= 0.3 is 0 Å². The van der Waals surface area contributed by atoms with Gasteiger partial charge in [-0.25, -0.2) is 0 Å². The summed E-state index contributed by atoms with van der Waals surface area (Å²) in [5.74, 6) is 0.965. The Morgan fingerprint density at radius 1 is 0.971 bits per heavy atom. The van der Waals surface area contributed by atoms with Crippen molar-refractivity contribution in [2.24, 2.45) is 0 Å². The van der Waals surface area contributed by atoms with Gasteiger partial charge in [-0.1, -0.05) is 11.6 Å². The van der Waals surface area contributed by atoms with E-state index in [1.54, 1.807) is 23.0 Å². The molecule has 0 fully saturated rings. The van der Waals surface area contributed by atoms with Gasteiger partial charge in [0.15, 0.2) is 11.7 Å². The molecule has 3 aromatic carbocycles. The van der Waals surface area contributed by atoms with E-state index in [1.807, 2.05) is 57.2 Å². The van der Waals surface area contributed by atoms with Crippen LogP contribution >= 0.6 is 23.8 Å². The molecular formula is C25H24ClN5O3S. The maximum absolute atomic E-state index is 12.3. The molecule has 0 spiro atoms. The van der Waals surface area contributed by atoms with Gasteiger partial charge in [0.05, 0.1) is 12.3 Å². The molecule has 2 N–H and O–H groups in total. The fourth-order valence-electron chi connectivity index (χ4n) is 3.33. The number of anilines is 1. The van der Waals surface area contributed by atoms with Gasteiger partial charge in [-0.3, -0.25) is 10.1 Å². The third-order valence-corrected chi connectivity index (χ3v) is 5.73. The number of carbonyl (C=O) groups is 1. The van der Waals surface area contributed by atoms with Crippen LogP contribution < -0.4 is 20.1 Å². The third-order valence-electron chi connectivity index (χ3n) is 5.11. The molecule has 0 bridgehead atoms. The highest BCUT2D eigenvalue weighted by Crippen LogP contribution is 2.23. The molecule has 180 valence electrons. The first kappa shape index (κ1) is 24.4. The highest BCUT2D eigenvalue weighted by molar-refractivity contribution is 7.80. The molecule has 0 aliphatic carbocycles. The number of aromatic nitrogens is 3. The number of hydrogen-bond acceptors (Lipinski definition) is 6. The van der Waals surface area contributed by atoms with Crippen LogP contribution in [0.4, 0.5) is 5.69 Å². The molecule has 35 heavy (non-hydrogen) atoms. The van der Waals surface area contributed by atoms with Crippen molar-refractivity contribution in [1.29, 1.82) is 0 Å². The predicted octanol–water partition coefficient (Wildman–Crippen LogP) is 4.98. The monoisotopic (exact) mass is 509 g/mol. The number of nitrogens with one attached hydrogen (secondary N) is 2. The summed E-state index contributed by atoms with van der Waals surface area (Å²) in [6.45, 7) is 6.15. The lowest BCUT2D eigenvalue weighted by Gasteiger charge is -2.12. The number of benzene rings is 3. The van der Waals surface area contributed by atoms with E-state index >= 15 is 0 Å². The molecular weight excluding hydrogens is 486 g/mol. The van der Waals surface area contributed by atoms with Gasteiger partial charge in [-0.05, 0) is 98.7 Å². The zero-order valence-electron chi connectivity index (χ0n) is 19.5. The number of nitrogens with zero attached hydrogens (tertiary/aromatic N) is 3. The van der Waals surface area contributed by atoms with Crippen molar-refractivity contribution in [3.05, 3.63) is 70.7 Å². The molecule has 1 heterocycles. The SMILES string of the molecule is CCOc1ccc(-n2nc3cc(C)c(NC(=S)NC(=O)COc4ccc(Cl)c(C)c4)cc3n2)cc1. The van der Waals surface area contributed by atoms with Crippen LogP contribution in [0.15, 0.2) is 54.6 Å². The molecule has 4 rings (SSSR count). The first-order valence-electron chi connectivity index (χ1n) is 10.9. The second-order valence-corrected chi connectivity index (χ2v) is 8.59. The Morgan fingerprint density at radius 3 is 2.34 bits per heavy atom. The summed E-state index contributed by atoms with van der Waals surface area (Å²) in [4.78, 5) is 13.8. The van der Waals surface area contributed by atoms with Crippen molar-refractivity contribution in [3.63, 3.8) is 0 Å². The van der Waals surface area contributed by atoms with E-state index in [4.69, 9.17) is 33.3 Å². The van der Waals surface area contributed by atoms with E-state index < -0.39 is 0 Å². The summed E-state index contributed by atoms with van der Waals surface area (Å²) in [6.07, 6.45) is 0. The van der Waals surface area contributed by atoms with E-state index in [-0.39, 0.29) is 17.6 Å². The van der Waals surface area contributed by atoms with Crippen LogP contribution in [0.1, 0.15) is 18.1 Å². The molecule has 0 atom stereocenters. The lowest BCUT2D eigenvalue weighted by Crippen LogP contribution is -2.37. The molecule has 0 radical (unpaired) electrons. The topological polar surface area (TPSA) is 90.3 Å². The quantitative estimate of drug-likeness (QED) is 0.339. The second kappa shape index (κ2) is 10.7. The Bertz CT molecular complexity index is 1390. The molecule has 1 aromatic heterocycles. The fraction of sp³-hybridized carbons (Fsp3) is 0.200. The van der Waals surface area contributed by atoms with Crippen LogP contribution in [-0.4, -0.2) is 39.2 Å². The van der Waals surface area contributed by atoms with Gasteiger partial charge in [0, 0.05) is 10.7 Å². The first-order chi connectivity index (χ1) is 16.8. The minimum absolute atomic E-state index is 0.159. The van der Waals surface area contributed by atoms with Crippen molar-refractivity contribution in [2.75, 3.05) is 18.5 Å². The average molecular weight is 510 g/mol. The summed E-state index contributed by atoms with van der Waals surface area (Å²) < 4.78 is 11.0. The second-order valence-electron chi connectivity index (χ2n) is 7.77. The summed E-state index contributed by atoms with van der Waals surface area (Å²) in [5.41, 5.74) is 4.73. The molecule has 0 aliphatic heterocycles. The Morgan fingerprint density at radius 2 is 1.66 bits per heavy atom. The smallest absolute Gasteiger partial charge is 0.264 e. The minimum atomic E-state index is -0.379. The van der Waals surface area contributed by atoms with Gasteiger partial charge in [-0.15, -0.1) is 10.2 Å². The van der Waals surface area contributed by atoms with Gasteiger partial charge in [-0.2, -0.15) is 4.80 Å². The third kappa shape index (κ3) is 6.06. The number of carbonyl (C=O) groups excluding carboxylic acids is 1. The Kier molecular flexibility index (Phi) is 7.48. The number of amides is 1. The zero-order valence-corrected chi connectivity index (χ0v) is 21.0. The summed E-state index contributed by atoms with van der Waals surface area (Å²) in [6, 6.07) is 16.5. The van der Waals surface area contributed by atoms with Crippen molar-refractivity contribution in [1.82, 2.24) is 20.3 Å². The van der Waals surface area contributed by atoms with Gasteiger partial charge in [0.1, 0.15) is 22.5 Å². The molecule has 0 aliphatic rings. The number of fused-ring (bicyclic) bond motifs is 1. The van der Waals surface area contributed by atoms with Gasteiger partial charge in [0.25, 0.3) is 5.91 Å². The highest BCUT2D eigenvalue weighted by Gasteiger charge is 2.12. The molecule has 8 nitrogen and oxygen atoms in total. The van der Waals surface area contributed by atoms with Crippen LogP contribution in [0.3, 0.4) is 0 Å². The number of hydrogen-bond donors (Lipinski definition) is 2. The number of thiocarbonyl (C=S) groups is 1. The van der Waals surface area contributed by atoms with Crippen LogP contribution in [-0.2, 0) is 4.79 Å². The lowest BCUT2D eigenvalue weighted by molar-refractivity contribution is -0.121. The van der Waals surface area contributed by atoms with E-state index in [9.17, 15) is 4.79 Å². The van der Waals surface area contributed by atoms with E-state index in [2.05, 4.69) is 20.8 Å². The zero-order chi connectivity index (χ0) is 24.9. The Hall–Kier alpha value is -3.69. The summed E-state index contributed by atoms with van der Waals surface area (Å²) in [7, 11) is 0. The number of rotatable bonds is 7. The van der Waals surface area contributed by atoms with Crippen molar-refractivity contribution < 1.29 is 14.3 Å². The summed E-state index contributed by atoms with van der Waals surface area (Å²) >= 11 is 11.3. The van der Waals surface area contributed by atoms with E-state index in [1.165, 1.54) is 0 Å². The van der Waals surface area contributed by atoms with Crippen LogP contribution in [0, 0.1) is 13.8 Å². The molecule has 10 heteroatoms. The van der Waals surface area contributed by atoms with Gasteiger partial charge in [0.2, 0.25) is 0 Å². The van der Waals surface area contributed by atoms with Crippen molar-refractivity contribution in [3.8, 4) is 17.2 Å². The maximum Gasteiger partial charge on any atom is 0.264 e. The fourth-order valence-corrected chi connectivity index (χ4v) is 3.67. The molecule has 1 amide bonds. The van der Waals surface area contributed by atoms with Crippen LogP contribution in [0.25, 0.3) is 16.7 Å². The van der Waals surface area contributed by atoms with Crippen molar-refractivity contribution >= 4 is 51.6 Å². The van der Waals surface area contributed by atoms with E-state index in [0.717, 1.165) is 33.8 Å². The number of aryl methyl sites for hydroxylation is 2. The number of ether oxygens (including phenoxy) is 2. The van der Waals surface area contributed by atoms with Crippen LogP contribution in [0.5, 0.6) is 11.5 Å². The normalized spacial score (nSPS) is 10.7. The highest BCUT2D eigenvalue weighted by atomic mass is 35.5. The molecule has 0 saturated carbocycles. The summed E-state index contributed by atoms with van der Waals surface area (Å²) in [5, 5.41) is 15.6. The molecule has 0 saturated heterocycles. The molecule has 4 aromatic rings. The van der Waals surface area contributed by atoms with Crippen molar-refractivity contribution in [2.45, 2.75) is 20.8 Å². The lowest BCUT2D eigenvalue weighted by atomic mass is 10.2.